The number of nitrogens with two attached hydrogens (primary N) is 4. The maximum absolute atomic E-state index is 13.8. The molecule has 8 aromatic heterocycles. The Morgan fingerprint density at radius 3 is 0.738 bits per heavy atom. The summed E-state index contributed by atoms with van der Waals surface area (Å²) >= 11 is 0. The van der Waals surface area contributed by atoms with E-state index in [4.69, 9.17) is 75.8 Å². The van der Waals surface area contributed by atoms with Crippen LogP contribution in [0.4, 0.5) is 107 Å². The third kappa shape index (κ3) is 17.9. The second kappa shape index (κ2) is 36.6. The zero-order valence-corrected chi connectivity index (χ0v) is 66.7. The highest BCUT2D eigenvalue weighted by molar-refractivity contribution is 5.66. The molecule has 652 valence electrons. The number of aromatic nitrogens is 20. The molecule has 48 heteroatoms. The van der Waals surface area contributed by atoms with Gasteiger partial charge in [0, 0.05) is 64.1 Å². The number of halogens is 8. The Morgan fingerprint density at radius 2 is 0.492 bits per heavy atom. The second-order valence-electron chi connectivity index (χ2n) is 31.1. The van der Waals surface area contributed by atoms with Crippen LogP contribution in [0.3, 0.4) is 0 Å². The van der Waals surface area contributed by atoms with Gasteiger partial charge in [0.1, 0.15) is 22.8 Å². The normalized spacial score (nSPS) is 25.0. The van der Waals surface area contributed by atoms with Crippen molar-refractivity contribution in [3.05, 3.63) is 47.6 Å². The summed E-state index contributed by atoms with van der Waals surface area (Å²) in [5.41, 5.74) is 20.4. The molecule has 20 rings (SSSR count). The van der Waals surface area contributed by atoms with E-state index in [2.05, 4.69) is 104 Å². The average molecular weight is 1710 g/mol. The minimum atomic E-state index is -2.85. The van der Waals surface area contributed by atoms with E-state index < -0.39 is 48.5 Å². The zero-order valence-electron chi connectivity index (χ0n) is 66.7. The molecule has 0 amide bonds. The number of anilines is 12. The van der Waals surface area contributed by atoms with Gasteiger partial charge in [0.05, 0.1) is 188 Å². The third-order valence-electron chi connectivity index (χ3n) is 23.3. The van der Waals surface area contributed by atoms with Crippen LogP contribution in [0.1, 0.15) is 114 Å². The van der Waals surface area contributed by atoms with Crippen molar-refractivity contribution in [1.82, 2.24) is 99.7 Å². The van der Waals surface area contributed by atoms with Gasteiger partial charge in [-0.2, -0.15) is 59.8 Å². The van der Waals surface area contributed by atoms with Crippen LogP contribution in [0, 0.1) is 0 Å². The number of morpholine rings is 8. The fourth-order valence-corrected chi connectivity index (χ4v) is 17.3. The standard InChI is InChI=1S/C20H24F2N8O2.2C18H22F2N8O2.C18H24F2N8O2/c21-16(22)15-14(5-24-18(23)25-15)17-26-19(29-10-1-2-11(29)7-31-6-10)28-20(27-17)30-12-3-4-13(30)9-32-8-12;2*19-14(20)13-12(7-22-16(21)23-13)15-24-17(27-3-5-29-6-4-27)26-18(25-15)28-10-1-2-11(28)9-30-8-10;1-10-8-29-5-3-27(10)17-24-15(12-7-22-16(21)23-13(12)14(19)20)25-18(26-17)28-4-6-30-9-11(28)2/h5,10-13,16H,1-4,6-9H2,(H2,23,24,25);2*7,10-11,14H,1-6,8-9H2,(H2,21,22,23);7,10-11,14H,3-6,8-9H2,1-2H3,(H2,21,22,23)/t;;;10-,11-/m...0/s1. The average Bonchev–Trinajstić information content (AvgIpc) is 1.52. The Morgan fingerprint density at radius 1 is 0.270 bits per heavy atom. The molecule has 0 saturated carbocycles. The Bertz CT molecular complexity index is 4610. The summed E-state index contributed by atoms with van der Waals surface area (Å²) < 4.78 is 154. The second-order valence-corrected chi connectivity index (χ2v) is 31.1. The third-order valence-corrected chi connectivity index (χ3v) is 23.3. The predicted molar refractivity (Wildman–Crippen MR) is 423 cm³/mol. The molecular weight excluding hydrogens is 1620 g/mol. The number of rotatable bonds is 16. The van der Waals surface area contributed by atoms with Crippen LogP contribution in [-0.2, 0) is 37.9 Å². The first-order valence-corrected chi connectivity index (χ1v) is 40.7. The molecular formula is C74H92F8N32O8. The van der Waals surface area contributed by atoms with E-state index in [9.17, 15) is 35.1 Å². The molecule has 8 bridgehead atoms. The van der Waals surface area contributed by atoms with Crippen LogP contribution < -0.4 is 62.1 Å². The van der Waals surface area contributed by atoms with E-state index in [1.807, 2.05) is 33.4 Å². The van der Waals surface area contributed by atoms with Gasteiger partial charge in [0.15, 0.2) is 23.3 Å². The van der Waals surface area contributed by atoms with Crippen LogP contribution in [0.2, 0.25) is 0 Å². The number of hydrogen-bond acceptors (Lipinski definition) is 40. The highest BCUT2D eigenvalue weighted by Crippen LogP contribution is 2.42. The van der Waals surface area contributed by atoms with Crippen LogP contribution in [0.25, 0.3) is 45.6 Å². The fraction of sp³-hybridized carbons (Fsp3) is 0.622. The molecule has 12 aliphatic rings. The Hall–Kier alpha value is -10.9. The Kier molecular flexibility index (Phi) is 25.0. The summed E-state index contributed by atoms with van der Waals surface area (Å²) in [4.78, 5) is 102. The minimum Gasteiger partial charge on any atom is -0.378 e. The first kappa shape index (κ1) is 83.3. The van der Waals surface area contributed by atoms with Gasteiger partial charge in [0.2, 0.25) is 71.4 Å². The van der Waals surface area contributed by atoms with Crippen LogP contribution in [-0.4, -0.2) is 305 Å². The lowest BCUT2D eigenvalue weighted by molar-refractivity contribution is 0.0885. The van der Waals surface area contributed by atoms with E-state index in [1.165, 1.54) is 24.8 Å². The number of ether oxygens (including phenoxy) is 8. The maximum atomic E-state index is 13.8. The maximum Gasteiger partial charge on any atom is 0.281 e. The van der Waals surface area contributed by atoms with Gasteiger partial charge >= 0.3 is 0 Å². The van der Waals surface area contributed by atoms with Crippen molar-refractivity contribution in [2.24, 2.45) is 0 Å². The molecule has 10 atom stereocenters. The van der Waals surface area contributed by atoms with E-state index in [1.54, 1.807) is 0 Å². The highest BCUT2D eigenvalue weighted by atomic mass is 19.3. The Balaban J connectivity index is 0.000000116. The van der Waals surface area contributed by atoms with E-state index in [0.29, 0.717) is 193 Å². The van der Waals surface area contributed by atoms with Gasteiger partial charge < -0.3 is 100 Å². The van der Waals surface area contributed by atoms with Crippen molar-refractivity contribution in [3.8, 4) is 45.6 Å². The first-order valence-electron chi connectivity index (χ1n) is 40.7. The van der Waals surface area contributed by atoms with Gasteiger partial charge in [-0.15, -0.1) is 0 Å². The molecule has 8 aromatic rings. The highest BCUT2D eigenvalue weighted by Gasteiger charge is 2.46. The first-order chi connectivity index (χ1) is 59.2. The van der Waals surface area contributed by atoms with Crippen LogP contribution >= 0.6 is 0 Å². The van der Waals surface area contributed by atoms with Crippen molar-refractivity contribution in [2.45, 2.75) is 151 Å². The lowest BCUT2D eigenvalue weighted by Gasteiger charge is -2.37. The molecule has 0 aromatic carbocycles. The molecule has 12 saturated heterocycles. The summed E-state index contributed by atoms with van der Waals surface area (Å²) in [6.45, 7) is 16.7. The Labute approximate surface area is 693 Å². The summed E-state index contributed by atoms with van der Waals surface area (Å²) in [5, 5.41) is 0. The number of nitrogens with zero attached hydrogens (tertiary/aromatic N) is 28. The monoisotopic (exact) mass is 1710 g/mol. The number of alkyl halides is 8. The van der Waals surface area contributed by atoms with Crippen molar-refractivity contribution < 1.29 is 73.0 Å². The molecule has 40 nitrogen and oxygen atoms in total. The zero-order chi connectivity index (χ0) is 84.4. The smallest absolute Gasteiger partial charge is 0.281 e. The quantitative estimate of drug-likeness (QED) is 0.0926. The van der Waals surface area contributed by atoms with Gasteiger partial charge in [-0.1, -0.05) is 0 Å². The molecule has 12 aliphatic heterocycles. The fourth-order valence-electron chi connectivity index (χ4n) is 17.3. The lowest BCUT2D eigenvalue weighted by atomic mass is 10.2. The number of nitrogen functional groups attached to an aromatic ring is 4. The molecule has 12 fully saturated rings. The van der Waals surface area contributed by atoms with Crippen LogP contribution in [0.5, 0.6) is 0 Å². The van der Waals surface area contributed by atoms with E-state index >= 15 is 0 Å². The molecule has 0 aliphatic carbocycles. The van der Waals surface area contributed by atoms with Gasteiger partial charge in [0.25, 0.3) is 25.7 Å². The molecule has 0 spiro atoms. The molecule has 122 heavy (non-hydrogen) atoms. The van der Waals surface area contributed by atoms with Gasteiger partial charge in [-0.3, -0.25) is 0 Å². The summed E-state index contributed by atoms with van der Waals surface area (Å²) in [5.74, 6) is 3.15. The topological polar surface area (TPSA) is 462 Å². The van der Waals surface area contributed by atoms with Crippen molar-refractivity contribution in [3.63, 3.8) is 0 Å². The number of hydrogen-bond donors (Lipinski definition) is 4. The van der Waals surface area contributed by atoms with Crippen LogP contribution in [0.15, 0.2) is 24.8 Å². The molecule has 8 N–H and O–H groups in total. The van der Waals surface area contributed by atoms with Crippen molar-refractivity contribution in [2.75, 3.05) is 207 Å². The lowest BCUT2D eigenvalue weighted by Crippen LogP contribution is -2.48. The molecule has 0 radical (unpaired) electrons. The SMILES string of the molecule is C[C@H]1COCCN1c1nc(-c2cnc(N)nc2C(F)F)nc(N2CCOC[C@@H]2C)n1.Nc1ncc(-c2nc(N3C4CCC3COC4)nc(N3C4CCC3COC4)n2)c(C(F)F)n1.Nc1ncc(-c2nc(N3CCOCC3)nc(N3C4CCC3COC4)n2)c(C(F)F)n1.Nc1ncc(-c2nc(N3CCOCC3)nc(N3C4CCC3COC4)n2)c(C(F)F)n1. The molecule has 20 heterocycles. The predicted octanol–water partition coefficient (Wildman–Crippen LogP) is 4.99. The summed E-state index contributed by atoms with van der Waals surface area (Å²) in [6.07, 6.45) is 1.50. The van der Waals surface area contributed by atoms with Crippen molar-refractivity contribution >= 4 is 71.4 Å². The van der Waals surface area contributed by atoms with Crippen molar-refractivity contribution in [1.29, 1.82) is 0 Å². The van der Waals surface area contributed by atoms with E-state index in [-0.39, 0.29) is 130 Å². The minimum absolute atomic E-state index is 0.0289. The summed E-state index contributed by atoms with van der Waals surface area (Å²) in [7, 11) is 0. The molecule has 8 unspecified atom stereocenters. The largest absolute Gasteiger partial charge is 0.378 e. The van der Waals surface area contributed by atoms with Gasteiger partial charge in [-0.25, -0.2) is 75.0 Å². The van der Waals surface area contributed by atoms with Gasteiger partial charge in [-0.05, 0) is 65.2 Å². The summed E-state index contributed by atoms with van der Waals surface area (Å²) in [6, 6.07) is 1.35. The number of fused-ring (bicyclic) bond motifs is 8. The van der Waals surface area contributed by atoms with E-state index in [0.717, 1.165) is 51.4 Å².